The molecule has 204 valence electrons. The Morgan fingerprint density at radius 1 is 1.22 bits per heavy atom. The minimum atomic E-state index is -4.22. The number of thioether (sulfide) groups is 1. The van der Waals surface area contributed by atoms with Crippen LogP contribution in [0.2, 0.25) is 0 Å². The second-order valence-corrected chi connectivity index (χ2v) is 13.7. The van der Waals surface area contributed by atoms with E-state index in [-0.39, 0.29) is 35.0 Å². The van der Waals surface area contributed by atoms with Gasteiger partial charge in [0.2, 0.25) is 15.9 Å². The number of nitrogens with zero attached hydrogens (tertiary/aromatic N) is 4. The van der Waals surface area contributed by atoms with Gasteiger partial charge in [-0.3, -0.25) is 14.8 Å². The van der Waals surface area contributed by atoms with Gasteiger partial charge in [0, 0.05) is 60.9 Å². The van der Waals surface area contributed by atoms with Gasteiger partial charge in [0.05, 0.1) is 4.90 Å². The van der Waals surface area contributed by atoms with Gasteiger partial charge < -0.3 is 14.5 Å². The lowest BCUT2D eigenvalue weighted by molar-refractivity contribution is -0.151. The van der Waals surface area contributed by atoms with Crippen molar-refractivity contribution in [1.29, 1.82) is 0 Å². The quantitative estimate of drug-likeness (QED) is 0.228. The van der Waals surface area contributed by atoms with Crippen LogP contribution in [0, 0.1) is 11.8 Å². The van der Waals surface area contributed by atoms with Crippen LogP contribution in [0.4, 0.5) is 0 Å². The number of ether oxygens (including phenoxy) is 1. The van der Waals surface area contributed by atoms with E-state index in [4.69, 9.17) is 16.5 Å². The predicted molar refractivity (Wildman–Crippen MR) is 142 cm³/mol. The molecule has 37 heavy (non-hydrogen) atoms. The molecule has 0 radical (unpaired) electrons. The average Bonchev–Trinajstić information content (AvgIpc) is 2.83. The van der Waals surface area contributed by atoms with Crippen molar-refractivity contribution in [2.75, 3.05) is 46.4 Å². The number of hydroxylamine groups is 1. The Hall–Kier alpha value is -2.01. The average molecular weight is 573 g/mol. The summed E-state index contributed by atoms with van der Waals surface area (Å²) in [4.78, 5) is 29.9. The number of likely N-dealkylation sites (N-methyl/N-ethyl adjacent to an activating group) is 1. The van der Waals surface area contributed by atoms with Gasteiger partial charge in [-0.2, -0.15) is 4.31 Å². The molecule has 0 unspecified atom stereocenters. The van der Waals surface area contributed by atoms with E-state index in [0.29, 0.717) is 18.8 Å². The summed E-state index contributed by atoms with van der Waals surface area (Å²) in [6.07, 6.45) is 0.125. The van der Waals surface area contributed by atoms with Gasteiger partial charge in [-0.15, -0.1) is 22.3 Å². The van der Waals surface area contributed by atoms with E-state index in [2.05, 4.69) is 16.7 Å². The largest absolute Gasteiger partial charge is 0.481 e. The smallest absolute Gasteiger partial charge is 0.281 e. The molecule has 1 N–H and O–H groups in total. The van der Waals surface area contributed by atoms with Gasteiger partial charge >= 0.3 is 0 Å². The van der Waals surface area contributed by atoms with Crippen molar-refractivity contribution in [2.24, 2.45) is 0 Å². The first kappa shape index (κ1) is 29.5. The van der Waals surface area contributed by atoms with Crippen molar-refractivity contribution in [2.45, 2.75) is 48.1 Å². The Morgan fingerprint density at radius 3 is 2.41 bits per heavy atom. The molecular formula is C24H33ClN4O6S2. The molecule has 1 aromatic rings. The predicted octanol–water partition coefficient (Wildman–Crippen LogP) is 1.88. The first-order valence-corrected chi connectivity index (χ1v) is 14.5. The van der Waals surface area contributed by atoms with E-state index in [1.807, 2.05) is 7.05 Å². The zero-order valence-electron chi connectivity index (χ0n) is 21.4. The molecule has 2 aliphatic rings. The standard InChI is InChI=1S/C24H33ClN4O6S2/c1-5-6-15-35-18-7-9-20(10-8-18)37(33,34)28-17-19(16-21(30)27-13-11-26(4)12-14-27)36-24(2,3)22(28)23(31)29(25)32/h7-10,19,22,32H,11-17H2,1-4H3/t19-,22-/m0/s1. The third-order valence-corrected chi connectivity index (χ3v) is 9.88. The molecule has 10 nitrogen and oxygen atoms in total. The van der Waals surface area contributed by atoms with Crippen LogP contribution < -0.4 is 4.74 Å². The Labute approximate surface area is 228 Å². The summed E-state index contributed by atoms with van der Waals surface area (Å²) in [7, 11) is -2.22. The molecule has 0 bridgehead atoms. The summed E-state index contributed by atoms with van der Waals surface area (Å²) in [5.41, 5.74) is 0. The molecular weight excluding hydrogens is 540 g/mol. The topological polar surface area (TPSA) is 111 Å². The molecule has 0 aliphatic carbocycles. The molecule has 2 fully saturated rings. The minimum Gasteiger partial charge on any atom is -0.481 e. The van der Waals surface area contributed by atoms with Crippen molar-refractivity contribution in [3.63, 3.8) is 0 Å². The fraction of sp³-hybridized carbons (Fsp3) is 0.583. The monoisotopic (exact) mass is 572 g/mol. The van der Waals surface area contributed by atoms with Crippen LogP contribution in [-0.2, 0) is 19.6 Å². The highest BCUT2D eigenvalue weighted by molar-refractivity contribution is 8.01. The number of carbonyl (C=O) groups is 2. The lowest BCUT2D eigenvalue weighted by Gasteiger charge is -2.47. The minimum absolute atomic E-state index is 0.0508. The Kier molecular flexibility index (Phi) is 9.77. The van der Waals surface area contributed by atoms with Crippen LogP contribution >= 0.6 is 23.5 Å². The molecule has 0 spiro atoms. The lowest BCUT2D eigenvalue weighted by atomic mass is 10.0. The summed E-state index contributed by atoms with van der Waals surface area (Å²) < 4.78 is 33.0. The zero-order valence-corrected chi connectivity index (χ0v) is 23.8. The SMILES string of the molecule is CC#CCOc1ccc(S(=O)(=O)N2C[C@H](CC(=O)N3CCN(C)CC3)SC(C)(C)[C@@H]2C(=O)N(O)Cl)cc1. The number of piperazine rings is 1. The van der Waals surface area contributed by atoms with E-state index in [1.54, 1.807) is 25.7 Å². The Balaban J connectivity index is 1.88. The number of amides is 2. The molecule has 3 rings (SSSR count). The number of carbonyl (C=O) groups excluding carboxylic acids is 2. The zero-order chi connectivity index (χ0) is 27.4. The summed E-state index contributed by atoms with van der Waals surface area (Å²) in [6.45, 7) is 7.96. The molecule has 2 aliphatic heterocycles. The maximum absolute atomic E-state index is 13.8. The number of halogens is 1. The normalized spacial score (nSPS) is 22.6. The molecule has 2 saturated heterocycles. The van der Waals surface area contributed by atoms with E-state index < -0.39 is 32.0 Å². The first-order chi connectivity index (χ1) is 17.4. The number of hydrogen-bond acceptors (Lipinski definition) is 8. The molecule has 2 atom stereocenters. The van der Waals surface area contributed by atoms with Gasteiger partial charge in [0.25, 0.3) is 5.91 Å². The summed E-state index contributed by atoms with van der Waals surface area (Å²) in [5, 5.41) is 9.32. The van der Waals surface area contributed by atoms with Crippen LogP contribution in [0.15, 0.2) is 29.2 Å². The van der Waals surface area contributed by atoms with Crippen molar-refractivity contribution in [3.8, 4) is 17.6 Å². The Bertz CT molecular complexity index is 1140. The number of hydrogen-bond donors (Lipinski definition) is 1. The van der Waals surface area contributed by atoms with Gasteiger partial charge in [0.15, 0.2) is 0 Å². The van der Waals surface area contributed by atoms with Crippen LogP contribution in [0.25, 0.3) is 0 Å². The van der Waals surface area contributed by atoms with Crippen molar-refractivity contribution in [3.05, 3.63) is 24.3 Å². The Morgan fingerprint density at radius 2 is 1.84 bits per heavy atom. The van der Waals surface area contributed by atoms with Crippen LogP contribution in [0.3, 0.4) is 0 Å². The van der Waals surface area contributed by atoms with E-state index in [9.17, 15) is 23.2 Å². The third-order valence-electron chi connectivity index (χ3n) is 6.39. The first-order valence-electron chi connectivity index (χ1n) is 11.8. The van der Waals surface area contributed by atoms with Gasteiger partial charge in [0.1, 0.15) is 18.4 Å². The highest BCUT2D eigenvalue weighted by Gasteiger charge is 2.52. The molecule has 2 amide bonds. The maximum Gasteiger partial charge on any atom is 0.281 e. The molecule has 2 heterocycles. The maximum atomic E-state index is 13.8. The van der Waals surface area contributed by atoms with Crippen molar-refractivity contribution in [1.82, 2.24) is 18.7 Å². The van der Waals surface area contributed by atoms with Crippen LogP contribution in [-0.4, -0.2) is 107 Å². The molecule has 13 heteroatoms. The summed E-state index contributed by atoms with van der Waals surface area (Å²) >= 11 is 6.93. The summed E-state index contributed by atoms with van der Waals surface area (Å²) in [6, 6.07) is 4.51. The van der Waals surface area contributed by atoms with Gasteiger partial charge in [-0.1, -0.05) is 5.92 Å². The number of sulfonamides is 1. The second-order valence-electron chi connectivity index (χ2n) is 9.49. The summed E-state index contributed by atoms with van der Waals surface area (Å²) in [5.74, 6) is 4.90. The second kappa shape index (κ2) is 12.2. The fourth-order valence-electron chi connectivity index (χ4n) is 4.46. The van der Waals surface area contributed by atoms with Crippen molar-refractivity contribution < 1.29 is 28.0 Å². The highest BCUT2D eigenvalue weighted by atomic mass is 35.5. The van der Waals surface area contributed by atoms with E-state index in [1.165, 1.54) is 36.0 Å². The van der Waals surface area contributed by atoms with E-state index in [0.717, 1.165) is 17.4 Å². The van der Waals surface area contributed by atoms with Gasteiger partial charge in [-0.25, -0.2) is 8.42 Å². The molecule has 1 aromatic carbocycles. The molecule has 0 saturated carbocycles. The number of benzene rings is 1. The highest BCUT2D eigenvalue weighted by Crippen LogP contribution is 2.44. The number of rotatable bonds is 7. The lowest BCUT2D eigenvalue weighted by Crippen LogP contribution is -2.62. The van der Waals surface area contributed by atoms with Crippen LogP contribution in [0.1, 0.15) is 27.2 Å². The molecule has 0 aromatic heterocycles. The third kappa shape index (κ3) is 7.10. The van der Waals surface area contributed by atoms with Gasteiger partial charge in [-0.05, 0) is 52.1 Å². The van der Waals surface area contributed by atoms with Crippen LogP contribution in [0.5, 0.6) is 5.75 Å². The van der Waals surface area contributed by atoms with E-state index >= 15 is 0 Å². The fourth-order valence-corrected chi connectivity index (χ4v) is 8.15. The van der Waals surface area contributed by atoms with Crippen molar-refractivity contribution >= 4 is 45.4 Å².